The van der Waals surface area contributed by atoms with E-state index < -0.39 is 0 Å². The fraction of sp³-hybridized carbons (Fsp3) is 0.500. The smallest absolute Gasteiger partial charge is 0.223 e. The summed E-state index contributed by atoms with van der Waals surface area (Å²) in [5.74, 6) is 0.440. The van der Waals surface area contributed by atoms with Gasteiger partial charge in [-0.3, -0.25) is 9.59 Å². The summed E-state index contributed by atoms with van der Waals surface area (Å²) >= 11 is 0. The minimum Gasteiger partial charge on any atom is -0.356 e. The van der Waals surface area contributed by atoms with Gasteiger partial charge in [-0.1, -0.05) is 24.3 Å². The zero-order valence-electron chi connectivity index (χ0n) is 11.0. The van der Waals surface area contributed by atoms with Gasteiger partial charge in [-0.05, 0) is 37.7 Å². The lowest BCUT2D eigenvalue weighted by Gasteiger charge is -2.28. The molecule has 0 saturated carbocycles. The molecule has 3 heteroatoms. The van der Waals surface area contributed by atoms with Crippen molar-refractivity contribution in [3.05, 3.63) is 35.4 Å². The van der Waals surface area contributed by atoms with Gasteiger partial charge >= 0.3 is 0 Å². The lowest BCUT2D eigenvalue weighted by Crippen LogP contribution is -2.38. The molecule has 1 fully saturated rings. The van der Waals surface area contributed by atoms with Gasteiger partial charge in [0.1, 0.15) is 0 Å². The maximum absolute atomic E-state index is 12.5. The maximum Gasteiger partial charge on any atom is 0.223 e. The van der Waals surface area contributed by atoms with Crippen LogP contribution in [0.3, 0.4) is 0 Å². The Hall–Kier alpha value is -1.64. The van der Waals surface area contributed by atoms with Crippen molar-refractivity contribution in [3.63, 3.8) is 0 Å². The Morgan fingerprint density at radius 2 is 1.95 bits per heavy atom. The number of ketones is 1. The van der Waals surface area contributed by atoms with E-state index >= 15 is 0 Å². The highest BCUT2D eigenvalue weighted by atomic mass is 16.2. The van der Waals surface area contributed by atoms with E-state index in [2.05, 4.69) is 5.32 Å². The summed E-state index contributed by atoms with van der Waals surface area (Å²) in [6, 6.07) is 7.87. The Morgan fingerprint density at radius 1 is 1.11 bits per heavy atom. The third kappa shape index (κ3) is 2.42. The van der Waals surface area contributed by atoms with E-state index in [9.17, 15) is 9.59 Å². The standard InChI is InChI=1S/C16H19NO2/c18-15-12(10-13-5-3-9-17-16(13)19)8-7-11-4-1-2-6-14(11)15/h1-2,4,6,12-13H,3,5,7-10H2,(H,17,19). The van der Waals surface area contributed by atoms with Gasteiger partial charge in [0.15, 0.2) is 5.78 Å². The van der Waals surface area contributed by atoms with E-state index in [1.165, 1.54) is 0 Å². The fourth-order valence-corrected chi connectivity index (χ4v) is 3.29. The third-order valence-corrected chi connectivity index (χ3v) is 4.38. The van der Waals surface area contributed by atoms with Gasteiger partial charge < -0.3 is 5.32 Å². The van der Waals surface area contributed by atoms with Crippen molar-refractivity contribution in [2.75, 3.05) is 6.54 Å². The first kappa shape index (κ1) is 12.4. The average molecular weight is 257 g/mol. The van der Waals surface area contributed by atoms with Gasteiger partial charge in [0.25, 0.3) is 0 Å². The molecule has 1 heterocycles. The molecule has 1 aliphatic heterocycles. The Kier molecular flexibility index (Phi) is 3.36. The number of carbonyl (C=O) groups excluding carboxylic acids is 2. The number of hydrogen-bond acceptors (Lipinski definition) is 2. The fourth-order valence-electron chi connectivity index (χ4n) is 3.29. The first-order valence-electron chi connectivity index (χ1n) is 7.15. The number of carbonyl (C=O) groups is 2. The number of nitrogens with one attached hydrogen (secondary N) is 1. The van der Waals surface area contributed by atoms with Crippen LogP contribution >= 0.6 is 0 Å². The molecule has 3 nitrogen and oxygen atoms in total. The van der Waals surface area contributed by atoms with Crippen LogP contribution in [0, 0.1) is 11.8 Å². The molecule has 3 rings (SSSR count). The zero-order chi connectivity index (χ0) is 13.2. The number of Topliss-reactive ketones (excluding diaryl/α,β-unsaturated/α-hetero) is 1. The largest absolute Gasteiger partial charge is 0.356 e. The molecule has 0 aromatic heterocycles. The van der Waals surface area contributed by atoms with E-state index in [4.69, 9.17) is 0 Å². The van der Waals surface area contributed by atoms with Gasteiger partial charge in [0.05, 0.1) is 0 Å². The molecular formula is C16H19NO2. The summed E-state index contributed by atoms with van der Waals surface area (Å²) < 4.78 is 0. The summed E-state index contributed by atoms with van der Waals surface area (Å²) in [4.78, 5) is 24.3. The Bertz CT molecular complexity index is 509. The molecule has 2 unspecified atom stereocenters. The first-order chi connectivity index (χ1) is 9.25. The van der Waals surface area contributed by atoms with Crippen molar-refractivity contribution in [1.82, 2.24) is 5.32 Å². The Morgan fingerprint density at radius 3 is 2.79 bits per heavy atom. The number of hydrogen-bond donors (Lipinski definition) is 1. The highest BCUT2D eigenvalue weighted by molar-refractivity contribution is 6.00. The predicted octanol–water partition coefficient (Wildman–Crippen LogP) is 2.35. The van der Waals surface area contributed by atoms with Crippen LogP contribution in [0.4, 0.5) is 0 Å². The molecule has 0 spiro atoms. The summed E-state index contributed by atoms with van der Waals surface area (Å²) in [7, 11) is 0. The van der Waals surface area contributed by atoms with Gasteiger partial charge in [-0.25, -0.2) is 0 Å². The molecule has 19 heavy (non-hydrogen) atoms. The van der Waals surface area contributed by atoms with Crippen molar-refractivity contribution in [1.29, 1.82) is 0 Å². The van der Waals surface area contributed by atoms with E-state index in [1.54, 1.807) is 0 Å². The molecule has 1 saturated heterocycles. The number of benzene rings is 1. The topological polar surface area (TPSA) is 46.2 Å². The molecule has 0 radical (unpaired) electrons. The van der Waals surface area contributed by atoms with Crippen molar-refractivity contribution in [2.24, 2.45) is 11.8 Å². The Labute approximate surface area is 113 Å². The van der Waals surface area contributed by atoms with Crippen LogP contribution in [0.2, 0.25) is 0 Å². The number of rotatable bonds is 2. The highest BCUT2D eigenvalue weighted by Crippen LogP contribution is 2.31. The molecule has 2 aliphatic rings. The molecule has 2 atom stereocenters. The van der Waals surface area contributed by atoms with E-state index in [-0.39, 0.29) is 23.5 Å². The average Bonchev–Trinajstić information content (AvgIpc) is 2.44. The zero-order valence-corrected chi connectivity index (χ0v) is 11.0. The molecule has 1 aliphatic carbocycles. The molecule has 0 bridgehead atoms. The van der Waals surface area contributed by atoms with Crippen LogP contribution < -0.4 is 5.32 Å². The van der Waals surface area contributed by atoms with Crippen molar-refractivity contribution in [3.8, 4) is 0 Å². The monoisotopic (exact) mass is 257 g/mol. The third-order valence-electron chi connectivity index (χ3n) is 4.38. The van der Waals surface area contributed by atoms with Crippen molar-refractivity contribution < 1.29 is 9.59 Å². The van der Waals surface area contributed by atoms with Crippen LogP contribution in [0.15, 0.2) is 24.3 Å². The maximum atomic E-state index is 12.5. The molecule has 1 amide bonds. The van der Waals surface area contributed by atoms with Gasteiger partial charge in [0.2, 0.25) is 5.91 Å². The van der Waals surface area contributed by atoms with E-state index in [1.807, 2.05) is 24.3 Å². The van der Waals surface area contributed by atoms with Gasteiger partial charge in [0, 0.05) is 23.9 Å². The minimum absolute atomic E-state index is 0.0312. The van der Waals surface area contributed by atoms with Gasteiger partial charge in [-0.15, -0.1) is 0 Å². The number of fused-ring (bicyclic) bond motifs is 1. The van der Waals surface area contributed by atoms with E-state index in [0.717, 1.165) is 49.8 Å². The molecule has 1 aromatic carbocycles. The number of piperidine rings is 1. The van der Waals surface area contributed by atoms with Crippen LogP contribution in [0.25, 0.3) is 0 Å². The number of amides is 1. The van der Waals surface area contributed by atoms with Crippen molar-refractivity contribution >= 4 is 11.7 Å². The second-order valence-corrected chi connectivity index (χ2v) is 5.62. The molecule has 1 N–H and O–H groups in total. The first-order valence-corrected chi connectivity index (χ1v) is 7.15. The van der Waals surface area contributed by atoms with Crippen LogP contribution in [0.1, 0.15) is 41.6 Å². The minimum atomic E-state index is 0.0312. The lowest BCUT2D eigenvalue weighted by atomic mass is 9.77. The van der Waals surface area contributed by atoms with Crippen LogP contribution in [-0.4, -0.2) is 18.2 Å². The summed E-state index contributed by atoms with van der Waals surface area (Å²) in [5, 5.41) is 2.91. The SMILES string of the molecule is O=C1NCCCC1CC1CCc2ccccc2C1=O. The highest BCUT2D eigenvalue weighted by Gasteiger charge is 2.32. The molecule has 1 aromatic rings. The normalized spacial score (nSPS) is 26.7. The summed E-state index contributed by atoms with van der Waals surface area (Å²) in [6.07, 6.45) is 4.53. The molecule has 100 valence electrons. The molecular weight excluding hydrogens is 238 g/mol. The predicted molar refractivity (Wildman–Crippen MR) is 72.9 cm³/mol. The van der Waals surface area contributed by atoms with Crippen LogP contribution in [-0.2, 0) is 11.2 Å². The summed E-state index contributed by atoms with van der Waals surface area (Å²) in [6.45, 7) is 0.788. The van der Waals surface area contributed by atoms with Crippen LogP contribution in [0.5, 0.6) is 0 Å². The Balaban J connectivity index is 1.73. The van der Waals surface area contributed by atoms with Crippen molar-refractivity contribution in [2.45, 2.75) is 32.1 Å². The summed E-state index contributed by atoms with van der Waals surface area (Å²) in [5.41, 5.74) is 2.03. The van der Waals surface area contributed by atoms with E-state index in [0.29, 0.717) is 0 Å². The van der Waals surface area contributed by atoms with Gasteiger partial charge in [-0.2, -0.15) is 0 Å². The quantitative estimate of drug-likeness (QED) is 0.884. The second kappa shape index (κ2) is 5.16. The lowest BCUT2D eigenvalue weighted by molar-refractivity contribution is -0.127. The second-order valence-electron chi connectivity index (χ2n) is 5.62. The number of aryl methyl sites for hydroxylation is 1.